The predicted molar refractivity (Wildman–Crippen MR) is 92.1 cm³/mol. The number of hydrogen-bond donors (Lipinski definition) is 2. The zero-order valence-corrected chi connectivity index (χ0v) is 14.7. The molecule has 5 nitrogen and oxygen atoms in total. The molecule has 1 aromatic carbocycles. The molecule has 1 aliphatic heterocycles. The molecular formula is C16H21Cl2N3O2. The topological polar surface area (TPSA) is 61.4 Å². The van der Waals surface area contributed by atoms with Gasteiger partial charge in [0.05, 0.1) is 15.6 Å². The molecule has 1 saturated heterocycles. The number of carbonyl (C=O) groups is 2. The Kier molecular flexibility index (Phi) is 6.27. The molecule has 23 heavy (non-hydrogen) atoms. The number of nitrogens with one attached hydrogen (secondary N) is 2. The van der Waals surface area contributed by atoms with Crippen LogP contribution in [0.15, 0.2) is 18.2 Å². The first-order chi connectivity index (χ1) is 11.0. The second kappa shape index (κ2) is 7.99. The number of nitrogens with zero attached hydrogens (tertiary/aromatic N) is 1. The summed E-state index contributed by atoms with van der Waals surface area (Å²) in [5, 5.41) is 6.32. The van der Waals surface area contributed by atoms with Crippen molar-refractivity contribution in [3.63, 3.8) is 0 Å². The van der Waals surface area contributed by atoms with Crippen LogP contribution in [-0.4, -0.2) is 48.9 Å². The summed E-state index contributed by atoms with van der Waals surface area (Å²) in [6.45, 7) is 3.17. The number of halogens is 2. The van der Waals surface area contributed by atoms with E-state index in [9.17, 15) is 9.59 Å². The van der Waals surface area contributed by atoms with Crippen molar-refractivity contribution in [1.29, 1.82) is 0 Å². The first-order valence-corrected chi connectivity index (χ1v) is 8.41. The minimum Gasteiger partial charge on any atom is -0.340 e. The standard InChI is InChI=1S/C16H21Cl2N3O2/c1-10(16(23)21-8-4-5-11(21)9-19-2)20-15(22)12-6-3-7-13(17)14(12)18/h3,6-7,10-11,19H,4-5,8-9H2,1-2H3,(H,20,22). The van der Waals surface area contributed by atoms with Gasteiger partial charge in [0.1, 0.15) is 6.04 Å². The molecule has 0 aromatic heterocycles. The average Bonchev–Trinajstić information content (AvgIpc) is 2.97. The molecule has 0 bridgehead atoms. The zero-order chi connectivity index (χ0) is 17.0. The fourth-order valence-corrected chi connectivity index (χ4v) is 3.22. The highest BCUT2D eigenvalue weighted by atomic mass is 35.5. The molecule has 0 spiro atoms. The van der Waals surface area contributed by atoms with Crippen LogP contribution in [0.4, 0.5) is 0 Å². The maximum atomic E-state index is 12.6. The van der Waals surface area contributed by atoms with Crippen molar-refractivity contribution in [3.05, 3.63) is 33.8 Å². The lowest BCUT2D eigenvalue weighted by molar-refractivity contribution is -0.133. The van der Waals surface area contributed by atoms with Crippen LogP contribution in [0.25, 0.3) is 0 Å². The molecule has 0 saturated carbocycles. The summed E-state index contributed by atoms with van der Waals surface area (Å²) in [4.78, 5) is 26.7. The van der Waals surface area contributed by atoms with Crippen molar-refractivity contribution in [1.82, 2.24) is 15.5 Å². The molecule has 1 fully saturated rings. The van der Waals surface area contributed by atoms with Crippen LogP contribution in [0.2, 0.25) is 10.0 Å². The highest BCUT2D eigenvalue weighted by Crippen LogP contribution is 2.25. The Morgan fingerprint density at radius 2 is 2.13 bits per heavy atom. The third-order valence-electron chi connectivity index (χ3n) is 4.01. The van der Waals surface area contributed by atoms with E-state index in [0.717, 1.165) is 25.9 Å². The van der Waals surface area contributed by atoms with Gasteiger partial charge in [-0.25, -0.2) is 0 Å². The van der Waals surface area contributed by atoms with Crippen molar-refractivity contribution in [2.45, 2.75) is 31.8 Å². The second-order valence-electron chi connectivity index (χ2n) is 5.68. The van der Waals surface area contributed by atoms with Gasteiger partial charge in [0.25, 0.3) is 5.91 Å². The Balaban J connectivity index is 2.03. The van der Waals surface area contributed by atoms with E-state index in [0.29, 0.717) is 5.02 Å². The number of carbonyl (C=O) groups excluding carboxylic acids is 2. The first-order valence-electron chi connectivity index (χ1n) is 7.65. The van der Waals surface area contributed by atoms with E-state index in [1.165, 1.54) is 0 Å². The monoisotopic (exact) mass is 357 g/mol. The van der Waals surface area contributed by atoms with E-state index in [2.05, 4.69) is 10.6 Å². The van der Waals surface area contributed by atoms with E-state index in [1.807, 2.05) is 11.9 Å². The van der Waals surface area contributed by atoms with Crippen molar-refractivity contribution < 1.29 is 9.59 Å². The van der Waals surface area contributed by atoms with E-state index >= 15 is 0 Å². The van der Waals surface area contributed by atoms with Crippen LogP contribution >= 0.6 is 23.2 Å². The molecule has 2 N–H and O–H groups in total. The normalized spacial score (nSPS) is 18.8. The summed E-state index contributed by atoms with van der Waals surface area (Å²) in [6.07, 6.45) is 1.96. The fraction of sp³-hybridized carbons (Fsp3) is 0.500. The summed E-state index contributed by atoms with van der Waals surface area (Å²) in [5.41, 5.74) is 0.270. The lowest BCUT2D eigenvalue weighted by Crippen LogP contribution is -2.50. The Hall–Kier alpha value is -1.30. The van der Waals surface area contributed by atoms with Crippen LogP contribution in [0.3, 0.4) is 0 Å². The highest BCUT2D eigenvalue weighted by molar-refractivity contribution is 6.43. The highest BCUT2D eigenvalue weighted by Gasteiger charge is 2.31. The van der Waals surface area contributed by atoms with Gasteiger partial charge in [-0.1, -0.05) is 29.3 Å². The van der Waals surface area contributed by atoms with Gasteiger partial charge in [-0.05, 0) is 38.9 Å². The molecule has 7 heteroatoms. The maximum absolute atomic E-state index is 12.6. The Bertz CT molecular complexity index is 595. The third-order valence-corrected chi connectivity index (χ3v) is 4.83. The van der Waals surface area contributed by atoms with Crippen molar-refractivity contribution in [3.8, 4) is 0 Å². The summed E-state index contributed by atoms with van der Waals surface area (Å²) >= 11 is 12.0. The van der Waals surface area contributed by atoms with Crippen LogP contribution in [0.1, 0.15) is 30.1 Å². The number of amides is 2. The average molecular weight is 358 g/mol. The van der Waals surface area contributed by atoms with Gasteiger partial charge in [0.2, 0.25) is 5.91 Å². The SMILES string of the molecule is CNCC1CCCN1C(=O)C(C)NC(=O)c1cccc(Cl)c1Cl. The van der Waals surface area contributed by atoms with Crippen LogP contribution in [0.5, 0.6) is 0 Å². The molecule has 2 atom stereocenters. The van der Waals surface area contributed by atoms with Gasteiger partial charge < -0.3 is 15.5 Å². The van der Waals surface area contributed by atoms with Crippen LogP contribution in [-0.2, 0) is 4.79 Å². The summed E-state index contributed by atoms with van der Waals surface area (Å²) in [6, 6.07) is 4.41. The molecular weight excluding hydrogens is 337 g/mol. The Labute approximate surface area is 146 Å². The zero-order valence-electron chi connectivity index (χ0n) is 13.2. The van der Waals surface area contributed by atoms with Gasteiger partial charge >= 0.3 is 0 Å². The smallest absolute Gasteiger partial charge is 0.253 e. The van der Waals surface area contributed by atoms with E-state index < -0.39 is 11.9 Å². The number of likely N-dealkylation sites (N-methyl/N-ethyl adjacent to an activating group) is 1. The number of hydrogen-bond acceptors (Lipinski definition) is 3. The van der Waals surface area contributed by atoms with Gasteiger partial charge in [0.15, 0.2) is 0 Å². The van der Waals surface area contributed by atoms with E-state index in [4.69, 9.17) is 23.2 Å². The number of likely N-dealkylation sites (tertiary alicyclic amines) is 1. The predicted octanol–water partition coefficient (Wildman–Crippen LogP) is 2.32. The lowest BCUT2D eigenvalue weighted by atomic mass is 10.1. The van der Waals surface area contributed by atoms with Crippen molar-refractivity contribution >= 4 is 35.0 Å². The maximum Gasteiger partial charge on any atom is 0.253 e. The number of rotatable bonds is 5. The molecule has 126 valence electrons. The molecule has 0 radical (unpaired) electrons. The minimum absolute atomic E-state index is 0.0748. The minimum atomic E-state index is -0.616. The van der Waals surface area contributed by atoms with Crippen LogP contribution < -0.4 is 10.6 Å². The summed E-state index contributed by atoms with van der Waals surface area (Å²) in [7, 11) is 1.87. The third kappa shape index (κ3) is 4.16. The molecule has 2 amide bonds. The largest absolute Gasteiger partial charge is 0.340 e. The first kappa shape index (κ1) is 18.0. The molecule has 2 rings (SSSR count). The molecule has 1 aliphatic rings. The van der Waals surface area contributed by atoms with Crippen molar-refractivity contribution in [2.75, 3.05) is 20.1 Å². The molecule has 0 aliphatic carbocycles. The van der Waals surface area contributed by atoms with Gasteiger partial charge in [-0.15, -0.1) is 0 Å². The van der Waals surface area contributed by atoms with E-state index in [1.54, 1.807) is 25.1 Å². The van der Waals surface area contributed by atoms with Gasteiger partial charge in [-0.2, -0.15) is 0 Å². The van der Waals surface area contributed by atoms with Gasteiger partial charge in [-0.3, -0.25) is 9.59 Å². The van der Waals surface area contributed by atoms with Crippen LogP contribution in [0, 0.1) is 0 Å². The van der Waals surface area contributed by atoms with Gasteiger partial charge in [0, 0.05) is 19.1 Å². The number of benzene rings is 1. The second-order valence-corrected chi connectivity index (χ2v) is 6.47. The molecule has 2 unspecified atom stereocenters. The Morgan fingerprint density at radius 1 is 1.39 bits per heavy atom. The molecule has 1 heterocycles. The quantitative estimate of drug-likeness (QED) is 0.849. The Morgan fingerprint density at radius 3 is 2.83 bits per heavy atom. The van der Waals surface area contributed by atoms with Crippen molar-refractivity contribution in [2.24, 2.45) is 0 Å². The lowest BCUT2D eigenvalue weighted by Gasteiger charge is -2.27. The summed E-state index contributed by atoms with van der Waals surface area (Å²) in [5.74, 6) is -0.475. The summed E-state index contributed by atoms with van der Waals surface area (Å²) < 4.78 is 0. The fourth-order valence-electron chi connectivity index (χ4n) is 2.84. The van der Waals surface area contributed by atoms with E-state index in [-0.39, 0.29) is 22.5 Å². The molecule has 1 aromatic rings.